The summed E-state index contributed by atoms with van der Waals surface area (Å²) in [5.41, 5.74) is 1.01. The van der Waals surface area contributed by atoms with Crippen molar-refractivity contribution in [1.29, 1.82) is 0 Å². The van der Waals surface area contributed by atoms with E-state index in [2.05, 4.69) is 10.3 Å². The van der Waals surface area contributed by atoms with Gasteiger partial charge in [-0.1, -0.05) is 0 Å². The van der Waals surface area contributed by atoms with Crippen LogP contribution >= 0.6 is 0 Å². The first-order chi connectivity index (χ1) is 7.20. The summed E-state index contributed by atoms with van der Waals surface area (Å²) in [6.07, 6.45) is 2.87. The Morgan fingerprint density at radius 2 is 2.53 bits per heavy atom. The van der Waals surface area contributed by atoms with E-state index in [0.29, 0.717) is 24.4 Å². The highest BCUT2D eigenvalue weighted by atomic mass is 16.5. The number of carbonyl (C=O) groups is 1. The van der Waals surface area contributed by atoms with Crippen molar-refractivity contribution in [3.05, 3.63) is 17.8 Å². The normalized spacial score (nSPS) is 18.9. The third-order valence-electron chi connectivity index (χ3n) is 2.49. The molecule has 0 amide bonds. The van der Waals surface area contributed by atoms with Crippen molar-refractivity contribution in [2.75, 3.05) is 12.4 Å². The lowest BCUT2D eigenvalue weighted by Gasteiger charge is -2.23. The average molecular weight is 208 g/mol. The second-order valence-electron chi connectivity index (χ2n) is 3.46. The maximum Gasteiger partial charge on any atom is 0.326 e. The van der Waals surface area contributed by atoms with Crippen molar-refractivity contribution in [1.82, 2.24) is 4.98 Å². The third kappa shape index (κ3) is 1.86. The van der Waals surface area contributed by atoms with Gasteiger partial charge in [-0.2, -0.15) is 0 Å². The topological polar surface area (TPSA) is 71.5 Å². The standard InChI is InChI=1S/C10H12N2O3/c1-15-7-4-6-2-3-8(10(13)14)12-9(6)11-5-7/h4-5,8H,2-3H2,1H3,(H,11,12)(H,13,14). The molecule has 2 heterocycles. The molecule has 1 unspecified atom stereocenters. The lowest BCUT2D eigenvalue weighted by molar-refractivity contribution is -0.138. The number of ether oxygens (including phenoxy) is 1. The molecule has 80 valence electrons. The summed E-state index contributed by atoms with van der Waals surface area (Å²) in [5, 5.41) is 11.7. The van der Waals surface area contributed by atoms with Crippen LogP contribution in [0.5, 0.6) is 5.75 Å². The highest BCUT2D eigenvalue weighted by Gasteiger charge is 2.24. The molecule has 1 aliphatic rings. The summed E-state index contributed by atoms with van der Waals surface area (Å²) < 4.78 is 5.05. The molecule has 5 heteroatoms. The van der Waals surface area contributed by atoms with Crippen LogP contribution in [0.3, 0.4) is 0 Å². The Morgan fingerprint density at radius 3 is 3.20 bits per heavy atom. The van der Waals surface area contributed by atoms with Crippen LogP contribution in [0.25, 0.3) is 0 Å². The van der Waals surface area contributed by atoms with E-state index in [1.807, 2.05) is 6.07 Å². The maximum atomic E-state index is 10.8. The monoisotopic (exact) mass is 208 g/mol. The van der Waals surface area contributed by atoms with Crippen molar-refractivity contribution < 1.29 is 14.6 Å². The van der Waals surface area contributed by atoms with Gasteiger partial charge in [-0.15, -0.1) is 0 Å². The summed E-state index contributed by atoms with van der Waals surface area (Å²) >= 11 is 0. The smallest absolute Gasteiger partial charge is 0.326 e. The third-order valence-corrected chi connectivity index (χ3v) is 2.49. The minimum absolute atomic E-state index is 0.529. The Labute approximate surface area is 87.1 Å². The SMILES string of the molecule is COc1cnc2c(c1)CCC(C(=O)O)N2. The molecule has 1 aromatic heterocycles. The van der Waals surface area contributed by atoms with Crippen LogP contribution in [-0.4, -0.2) is 29.2 Å². The van der Waals surface area contributed by atoms with Crippen molar-refractivity contribution in [2.24, 2.45) is 0 Å². The Hall–Kier alpha value is -1.78. The van der Waals surface area contributed by atoms with Crippen LogP contribution in [0.1, 0.15) is 12.0 Å². The van der Waals surface area contributed by atoms with E-state index in [1.165, 1.54) is 0 Å². The van der Waals surface area contributed by atoms with E-state index in [0.717, 1.165) is 5.56 Å². The Bertz CT molecular complexity index is 392. The molecular weight excluding hydrogens is 196 g/mol. The van der Waals surface area contributed by atoms with E-state index in [-0.39, 0.29) is 0 Å². The predicted octanol–water partition coefficient (Wildman–Crippen LogP) is 0.901. The maximum absolute atomic E-state index is 10.8. The number of pyridine rings is 1. The zero-order valence-electron chi connectivity index (χ0n) is 8.36. The predicted molar refractivity (Wildman–Crippen MR) is 54.2 cm³/mol. The van der Waals surface area contributed by atoms with E-state index in [4.69, 9.17) is 9.84 Å². The zero-order chi connectivity index (χ0) is 10.8. The quantitative estimate of drug-likeness (QED) is 0.755. The number of nitrogens with one attached hydrogen (secondary N) is 1. The molecule has 0 saturated carbocycles. The molecule has 0 bridgehead atoms. The average Bonchev–Trinajstić information content (AvgIpc) is 2.27. The first-order valence-corrected chi connectivity index (χ1v) is 4.73. The van der Waals surface area contributed by atoms with Crippen molar-refractivity contribution in [3.63, 3.8) is 0 Å². The first-order valence-electron chi connectivity index (χ1n) is 4.73. The van der Waals surface area contributed by atoms with Crippen LogP contribution in [0, 0.1) is 0 Å². The van der Waals surface area contributed by atoms with Crippen molar-refractivity contribution in [2.45, 2.75) is 18.9 Å². The van der Waals surface area contributed by atoms with Gasteiger partial charge in [0.05, 0.1) is 13.3 Å². The number of aryl methyl sites for hydroxylation is 1. The first kappa shape index (κ1) is 9.76. The fourth-order valence-corrected chi connectivity index (χ4v) is 1.64. The molecule has 2 rings (SSSR count). The second kappa shape index (κ2) is 3.76. The molecule has 1 aliphatic heterocycles. The number of aromatic nitrogens is 1. The van der Waals surface area contributed by atoms with Gasteiger partial charge in [-0.3, -0.25) is 0 Å². The lowest BCUT2D eigenvalue weighted by atomic mass is 10.0. The highest BCUT2D eigenvalue weighted by molar-refractivity contribution is 5.78. The Kier molecular flexibility index (Phi) is 2.45. The van der Waals surface area contributed by atoms with Gasteiger partial charge in [0.1, 0.15) is 17.6 Å². The van der Waals surface area contributed by atoms with Crippen LogP contribution in [0.2, 0.25) is 0 Å². The fraction of sp³-hybridized carbons (Fsp3) is 0.400. The number of rotatable bonds is 2. The van der Waals surface area contributed by atoms with E-state index in [1.54, 1.807) is 13.3 Å². The van der Waals surface area contributed by atoms with Gasteiger partial charge in [0.15, 0.2) is 0 Å². The molecule has 1 atom stereocenters. The molecule has 0 aromatic carbocycles. The minimum atomic E-state index is -0.835. The van der Waals surface area contributed by atoms with Crippen LogP contribution in [0.15, 0.2) is 12.3 Å². The number of carboxylic acid groups (broad SMARTS) is 1. The number of hydrogen-bond donors (Lipinski definition) is 2. The lowest BCUT2D eigenvalue weighted by Crippen LogP contribution is -2.33. The van der Waals surface area contributed by atoms with E-state index in [9.17, 15) is 4.79 Å². The number of methoxy groups -OCH3 is 1. The number of hydrogen-bond acceptors (Lipinski definition) is 4. The van der Waals surface area contributed by atoms with Crippen LogP contribution < -0.4 is 10.1 Å². The summed E-state index contributed by atoms with van der Waals surface area (Å²) in [4.78, 5) is 14.9. The van der Waals surface area contributed by atoms with Crippen molar-refractivity contribution >= 4 is 11.8 Å². The number of nitrogens with zero attached hydrogens (tertiary/aromatic N) is 1. The summed E-state index contributed by atoms with van der Waals surface area (Å²) in [5.74, 6) is 0.511. The number of aliphatic carboxylic acids is 1. The molecule has 0 aliphatic carbocycles. The molecule has 2 N–H and O–H groups in total. The van der Waals surface area contributed by atoms with Gasteiger partial charge in [0, 0.05) is 0 Å². The molecule has 0 saturated heterocycles. The van der Waals surface area contributed by atoms with E-state index >= 15 is 0 Å². The molecule has 1 aromatic rings. The molecule has 0 radical (unpaired) electrons. The van der Waals surface area contributed by atoms with Gasteiger partial charge in [-0.25, -0.2) is 9.78 Å². The van der Waals surface area contributed by atoms with Crippen molar-refractivity contribution in [3.8, 4) is 5.75 Å². The van der Waals surface area contributed by atoms with Gasteiger partial charge in [-0.05, 0) is 24.5 Å². The van der Waals surface area contributed by atoms with Gasteiger partial charge >= 0.3 is 5.97 Å². The van der Waals surface area contributed by atoms with Crippen LogP contribution in [-0.2, 0) is 11.2 Å². The second-order valence-corrected chi connectivity index (χ2v) is 3.46. The summed E-state index contributed by atoms with van der Waals surface area (Å²) in [6.45, 7) is 0. The molecule has 5 nitrogen and oxygen atoms in total. The molecule has 0 spiro atoms. The minimum Gasteiger partial charge on any atom is -0.495 e. The van der Waals surface area contributed by atoms with Crippen LogP contribution in [0.4, 0.5) is 5.82 Å². The highest BCUT2D eigenvalue weighted by Crippen LogP contribution is 2.25. The number of fused-ring (bicyclic) bond motifs is 1. The summed E-state index contributed by atoms with van der Waals surface area (Å²) in [6, 6.07) is 1.35. The largest absolute Gasteiger partial charge is 0.495 e. The Balaban J connectivity index is 2.24. The molecule has 15 heavy (non-hydrogen) atoms. The Morgan fingerprint density at radius 1 is 1.73 bits per heavy atom. The number of carboxylic acids is 1. The van der Waals surface area contributed by atoms with E-state index < -0.39 is 12.0 Å². The van der Waals surface area contributed by atoms with Gasteiger partial charge in [0.2, 0.25) is 0 Å². The van der Waals surface area contributed by atoms with Gasteiger partial charge < -0.3 is 15.2 Å². The summed E-state index contributed by atoms with van der Waals surface area (Å²) in [7, 11) is 1.58. The molecule has 0 fully saturated rings. The zero-order valence-corrected chi connectivity index (χ0v) is 8.36. The molecular formula is C10H12N2O3. The van der Waals surface area contributed by atoms with Gasteiger partial charge in [0.25, 0.3) is 0 Å². The number of anilines is 1. The fourth-order valence-electron chi connectivity index (χ4n) is 1.64.